The molecule has 2 heterocycles. The molecule has 6 nitrogen and oxygen atoms in total. The van der Waals surface area contributed by atoms with Gasteiger partial charge in [-0.1, -0.05) is 29.8 Å². The number of aliphatic hydroxyl groups excluding tert-OH is 1. The number of H-pyrrole nitrogens is 2. The smallest absolute Gasteiger partial charge is 0.261 e. The number of hydrogen-bond donors (Lipinski definition) is 4. The summed E-state index contributed by atoms with van der Waals surface area (Å²) in [5.41, 5.74) is 5.30. The summed E-state index contributed by atoms with van der Waals surface area (Å²) in [6.07, 6.45) is 0.791. The first-order valence-corrected chi connectivity index (χ1v) is 9.66. The lowest BCUT2D eigenvalue weighted by Crippen LogP contribution is -2.17. The molecular formula is C22H21ClN4O2. The van der Waals surface area contributed by atoms with Crippen LogP contribution in [-0.4, -0.2) is 26.6 Å². The van der Waals surface area contributed by atoms with Crippen molar-refractivity contribution in [2.45, 2.75) is 20.0 Å². The molecule has 4 aromatic rings. The minimum Gasteiger partial charge on any atom is -0.387 e. The van der Waals surface area contributed by atoms with Crippen LogP contribution in [0.3, 0.4) is 0 Å². The summed E-state index contributed by atoms with van der Waals surface area (Å²) in [6, 6.07) is 12.9. The van der Waals surface area contributed by atoms with Gasteiger partial charge >= 0.3 is 0 Å². The van der Waals surface area contributed by atoms with Crippen molar-refractivity contribution in [1.82, 2.24) is 15.0 Å². The van der Waals surface area contributed by atoms with Crippen LogP contribution in [0.25, 0.3) is 22.4 Å². The molecule has 1 atom stereocenters. The zero-order chi connectivity index (χ0) is 20.5. The van der Waals surface area contributed by atoms with Gasteiger partial charge in [-0.3, -0.25) is 4.79 Å². The average molecular weight is 409 g/mol. The van der Waals surface area contributed by atoms with Crippen LogP contribution in [0.1, 0.15) is 22.8 Å². The molecule has 4 rings (SSSR count). The van der Waals surface area contributed by atoms with Gasteiger partial charge in [0.05, 0.1) is 22.8 Å². The fourth-order valence-corrected chi connectivity index (χ4v) is 3.69. The van der Waals surface area contributed by atoms with E-state index >= 15 is 0 Å². The molecule has 0 saturated heterocycles. The van der Waals surface area contributed by atoms with E-state index in [-0.39, 0.29) is 12.1 Å². The summed E-state index contributed by atoms with van der Waals surface area (Å²) < 4.78 is 0. The maximum atomic E-state index is 12.6. The van der Waals surface area contributed by atoms with Crippen molar-refractivity contribution in [2.75, 3.05) is 11.9 Å². The second-order valence-electron chi connectivity index (χ2n) is 7.11. The number of aryl methyl sites for hydroxylation is 2. The molecule has 2 aromatic carbocycles. The second kappa shape index (κ2) is 7.73. The summed E-state index contributed by atoms with van der Waals surface area (Å²) in [7, 11) is 0. The fraction of sp³-hybridized carbons (Fsp3) is 0.182. The Kier molecular flexibility index (Phi) is 5.13. The standard InChI is InChI=1S/C22H21ClN4O2/c1-12-8-13(2)20-17(9-12)26-21(27-20)19-16(6-7-24-22(19)29)25-11-18(28)14-4-3-5-15(23)10-14/h3-10,18,28H,11H2,1-2H3,(H,26,27)(H2,24,25,29). The van der Waals surface area contributed by atoms with Crippen LogP contribution in [-0.2, 0) is 0 Å². The van der Waals surface area contributed by atoms with Crippen LogP contribution in [0.5, 0.6) is 0 Å². The predicted octanol–water partition coefficient (Wildman–Crippen LogP) is 4.33. The monoisotopic (exact) mass is 408 g/mol. The molecule has 29 heavy (non-hydrogen) atoms. The molecule has 0 spiro atoms. The Bertz CT molecular complexity index is 1250. The molecule has 0 amide bonds. The van der Waals surface area contributed by atoms with Gasteiger partial charge in [0, 0.05) is 17.8 Å². The summed E-state index contributed by atoms with van der Waals surface area (Å²) in [4.78, 5) is 23.2. The predicted molar refractivity (Wildman–Crippen MR) is 117 cm³/mol. The first-order valence-electron chi connectivity index (χ1n) is 9.29. The minimum atomic E-state index is -0.776. The molecule has 0 aliphatic carbocycles. The number of rotatable bonds is 5. The summed E-state index contributed by atoms with van der Waals surface area (Å²) in [5.74, 6) is 0.482. The highest BCUT2D eigenvalue weighted by molar-refractivity contribution is 6.30. The van der Waals surface area contributed by atoms with Gasteiger partial charge in [0.15, 0.2) is 0 Å². The number of aromatic amines is 2. The largest absolute Gasteiger partial charge is 0.387 e. The summed E-state index contributed by atoms with van der Waals surface area (Å²) >= 11 is 6.01. The van der Waals surface area contributed by atoms with Gasteiger partial charge in [-0.05, 0) is 54.8 Å². The van der Waals surface area contributed by atoms with Crippen LogP contribution >= 0.6 is 11.6 Å². The minimum absolute atomic E-state index is 0.217. The molecule has 2 aromatic heterocycles. The molecule has 0 radical (unpaired) electrons. The van der Waals surface area contributed by atoms with Crippen LogP contribution < -0.4 is 10.9 Å². The van der Waals surface area contributed by atoms with Gasteiger partial charge in [0.25, 0.3) is 5.56 Å². The molecule has 0 aliphatic heterocycles. The first-order chi connectivity index (χ1) is 13.9. The zero-order valence-corrected chi connectivity index (χ0v) is 16.8. The van der Waals surface area contributed by atoms with Gasteiger partial charge in [-0.25, -0.2) is 4.98 Å². The number of benzene rings is 2. The lowest BCUT2D eigenvalue weighted by molar-refractivity contribution is 0.191. The van der Waals surface area contributed by atoms with Crippen molar-refractivity contribution in [3.8, 4) is 11.4 Å². The van der Waals surface area contributed by atoms with Crippen molar-refractivity contribution >= 4 is 28.3 Å². The molecule has 148 valence electrons. The van der Waals surface area contributed by atoms with E-state index < -0.39 is 6.10 Å². The Balaban J connectivity index is 1.67. The van der Waals surface area contributed by atoms with E-state index in [4.69, 9.17) is 11.6 Å². The molecule has 4 N–H and O–H groups in total. The number of nitrogens with zero attached hydrogens (tertiary/aromatic N) is 1. The van der Waals surface area contributed by atoms with E-state index in [1.165, 1.54) is 0 Å². The Morgan fingerprint density at radius 2 is 2.03 bits per heavy atom. The van der Waals surface area contributed by atoms with Crippen LogP contribution in [0.15, 0.2) is 53.5 Å². The number of hydrogen-bond acceptors (Lipinski definition) is 4. The van der Waals surface area contributed by atoms with Gasteiger partial charge in [0.1, 0.15) is 11.4 Å². The maximum Gasteiger partial charge on any atom is 0.261 e. The third-order valence-corrected chi connectivity index (χ3v) is 5.07. The average Bonchev–Trinajstić information content (AvgIpc) is 3.10. The van der Waals surface area contributed by atoms with Crippen molar-refractivity contribution in [3.05, 3.63) is 80.7 Å². The Labute approximate surface area is 172 Å². The van der Waals surface area contributed by atoms with Crippen LogP contribution in [0.4, 0.5) is 5.69 Å². The van der Waals surface area contributed by atoms with E-state index in [9.17, 15) is 9.90 Å². The van der Waals surface area contributed by atoms with E-state index in [0.717, 1.165) is 22.2 Å². The van der Waals surface area contributed by atoms with E-state index in [2.05, 4.69) is 26.3 Å². The van der Waals surface area contributed by atoms with Gasteiger partial charge in [0.2, 0.25) is 0 Å². The number of pyridine rings is 1. The first kappa shape index (κ1) is 19.2. The normalized spacial score (nSPS) is 12.3. The van der Waals surface area contributed by atoms with Crippen molar-refractivity contribution < 1.29 is 5.11 Å². The van der Waals surface area contributed by atoms with Crippen molar-refractivity contribution in [1.29, 1.82) is 0 Å². The zero-order valence-electron chi connectivity index (χ0n) is 16.1. The molecular weight excluding hydrogens is 388 g/mol. The van der Waals surface area contributed by atoms with E-state index in [0.29, 0.717) is 27.7 Å². The van der Waals surface area contributed by atoms with Gasteiger partial charge < -0.3 is 20.4 Å². The highest BCUT2D eigenvalue weighted by Crippen LogP contribution is 2.27. The lowest BCUT2D eigenvalue weighted by Gasteiger charge is -2.15. The Morgan fingerprint density at radius 1 is 1.21 bits per heavy atom. The summed E-state index contributed by atoms with van der Waals surface area (Å²) in [5, 5.41) is 14.2. The number of anilines is 1. The van der Waals surface area contributed by atoms with Gasteiger partial charge in [-0.2, -0.15) is 0 Å². The molecule has 0 aliphatic rings. The highest BCUT2D eigenvalue weighted by Gasteiger charge is 2.16. The number of aliphatic hydroxyl groups is 1. The number of nitrogens with one attached hydrogen (secondary N) is 3. The quantitative estimate of drug-likeness (QED) is 0.395. The molecule has 0 fully saturated rings. The highest BCUT2D eigenvalue weighted by atomic mass is 35.5. The SMILES string of the molecule is Cc1cc(C)c2nc(-c3c(NCC(O)c4cccc(Cl)c4)cc[nH]c3=O)[nH]c2c1. The second-order valence-corrected chi connectivity index (χ2v) is 7.55. The molecule has 1 unspecified atom stereocenters. The Morgan fingerprint density at radius 3 is 2.83 bits per heavy atom. The van der Waals surface area contributed by atoms with Crippen LogP contribution in [0.2, 0.25) is 5.02 Å². The molecule has 7 heteroatoms. The van der Waals surface area contributed by atoms with Crippen LogP contribution in [0, 0.1) is 13.8 Å². The fourth-order valence-electron chi connectivity index (χ4n) is 3.49. The third-order valence-electron chi connectivity index (χ3n) is 4.84. The third kappa shape index (κ3) is 3.90. The topological polar surface area (TPSA) is 93.8 Å². The van der Waals surface area contributed by atoms with E-state index in [1.807, 2.05) is 19.9 Å². The molecule has 0 bridgehead atoms. The number of imidazole rings is 1. The maximum absolute atomic E-state index is 12.6. The van der Waals surface area contributed by atoms with Crippen molar-refractivity contribution in [2.24, 2.45) is 0 Å². The molecule has 0 saturated carbocycles. The Hall–Kier alpha value is -3.09. The lowest BCUT2D eigenvalue weighted by atomic mass is 10.1. The van der Waals surface area contributed by atoms with Crippen molar-refractivity contribution in [3.63, 3.8) is 0 Å². The summed E-state index contributed by atoms with van der Waals surface area (Å²) in [6.45, 7) is 4.23. The number of fused-ring (bicyclic) bond motifs is 1. The number of halogens is 1. The number of aromatic nitrogens is 3. The van der Waals surface area contributed by atoms with Gasteiger partial charge in [-0.15, -0.1) is 0 Å². The van der Waals surface area contributed by atoms with E-state index in [1.54, 1.807) is 36.5 Å².